The average Bonchev–Trinajstić information content (AvgIpc) is 3.17. The minimum absolute atomic E-state index is 0.662. The van der Waals surface area contributed by atoms with Crippen molar-refractivity contribution in [3.63, 3.8) is 0 Å². The molecule has 2 N–H and O–H groups in total. The van der Waals surface area contributed by atoms with Crippen LogP contribution in [0.5, 0.6) is 0 Å². The highest BCUT2D eigenvalue weighted by Crippen LogP contribution is 2.51. The Kier molecular flexibility index (Phi) is 5.08. The third-order valence-corrected chi connectivity index (χ3v) is 5.51. The molecule has 2 aliphatic rings. The summed E-state index contributed by atoms with van der Waals surface area (Å²) in [6.07, 6.45) is 7.04. The van der Waals surface area contributed by atoms with Crippen LogP contribution in [0.2, 0.25) is 0 Å². The molecule has 0 aromatic heterocycles. The van der Waals surface area contributed by atoms with Gasteiger partial charge in [-0.2, -0.15) is 0 Å². The molecule has 0 bridgehead atoms. The van der Waals surface area contributed by atoms with Crippen LogP contribution >= 0.6 is 0 Å². The summed E-state index contributed by atoms with van der Waals surface area (Å²) in [4.78, 5) is 0. The summed E-state index contributed by atoms with van der Waals surface area (Å²) < 4.78 is 0. The molecule has 2 atom stereocenters. The summed E-state index contributed by atoms with van der Waals surface area (Å²) in [5.74, 6) is 2.64. The molecule has 0 amide bonds. The fourth-order valence-corrected chi connectivity index (χ4v) is 3.39. The van der Waals surface area contributed by atoms with Crippen molar-refractivity contribution in [1.82, 2.24) is 10.6 Å². The van der Waals surface area contributed by atoms with Gasteiger partial charge in [0.2, 0.25) is 0 Å². The summed E-state index contributed by atoms with van der Waals surface area (Å²) >= 11 is 0. The minimum Gasteiger partial charge on any atom is -0.316 e. The number of piperidine rings is 1. The number of hydrogen-bond donors (Lipinski definition) is 2. The Morgan fingerprint density at radius 2 is 2.06 bits per heavy atom. The normalized spacial score (nSPS) is 28.3. The van der Waals surface area contributed by atoms with Crippen LogP contribution in [-0.4, -0.2) is 26.2 Å². The lowest BCUT2D eigenvalue weighted by molar-refractivity contribution is 0.261. The Labute approximate surface area is 113 Å². The molecule has 18 heavy (non-hydrogen) atoms. The van der Waals surface area contributed by atoms with Crippen LogP contribution in [-0.2, 0) is 0 Å². The standard InChI is InChI=1S/C16H32N2/c1-13(2)16(7-8-16)12-18-10-6-14(3)15-5-4-9-17-11-15/h13-15,17-18H,4-12H2,1-3H3. The topological polar surface area (TPSA) is 24.1 Å². The van der Waals surface area contributed by atoms with Crippen LogP contribution in [0, 0.1) is 23.2 Å². The molecule has 0 aromatic rings. The second-order valence-electron chi connectivity index (χ2n) is 7.07. The maximum absolute atomic E-state index is 3.72. The van der Waals surface area contributed by atoms with Crippen molar-refractivity contribution in [1.29, 1.82) is 0 Å². The molecule has 0 aromatic carbocycles. The maximum atomic E-state index is 3.72. The van der Waals surface area contributed by atoms with Gasteiger partial charge in [-0.3, -0.25) is 0 Å². The fourth-order valence-electron chi connectivity index (χ4n) is 3.39. The highest BCUT2D eigenvalue weighted by atomic mass is 14.9. The first-order chi connectivity index (χ1) is 8.64. The highest BCUT2D eigenvalue weighted by Gasteiger charge is 2.44. The monoisotopic (exact) mass is 252 g/mol. The zero-order valence-electron chi connectivity index (χ0n) is 12.6. The molecule has 2 fully saturated rings. The quantitative estimate of drug-likeness (QED) is 0.681. The van der Waals surface area contributed by atoms with Crippen LogP contribution in [0.4, 0.5) is 0 Å². The molecule has 0 radical (unpaired) electrons. The summed E-state index contributed by atoms with van der Waals surface area (Å²) in [5, 5.41) is 7.25. The molecule has 106 valence electrons. The van der Waals surface area contributed by atoms with Crippen LogP contribution in [0.1, 0.15) is 52.9 Å². The predicted octanol–water partition coefficient (Wildman–Crippen LogP) is 3.04. The van der Waals surface area contributed by atoms with Crippen molar-refractivity contribution in [3.8, 4) is 0 Å². The Hall–Kier alpha value is -0.0800. The van der Waals surface area contributed by atoms with Gasteiger partial charge in [0.05, 0.1) is 0 Å². The number of nitrogens with one attached hydrogen (secondary N) is 2. The van der Waals surface area contributed by atoms with Gasteiger partial charge in [0, 0.05) is 6.54 Å². The Balaban J connectivity index is 1.57. The number of hydrogen-bond acceptors (Lipinski definition) is 2. The third-order valence-electron chi connectivity index (χ3n) is 5.51. The second kappa shape index (κ2) is 6.38. The van der Waals surface area contributed by atoms with E-state index >= 15 is 0 Å². The van der Waals surface area contributed by atoms with E-state index in [1.54, 1.807) is 0 Å². The Bertz CT molecular complexity index is 239. The van der Waals surface area contributed by atoms with Gasteiger partial charge in [0.15, 0.2) is 0 Å². The van der Waals surface area contributed by atoms with Crippen molar-refractivity contribution in [3.05, 3.63) is 0 Å². The van der Waals surface area contributed by atoms with Crippen LogP contribution < -0.4 is 10.6 Å². The fraction of sp³-hybridized carbons (Fsp3) is 1.00. The highest BCUT2D eigenvalue weighted by molar-refractivity contribution is 4.97. The van der Waals surface area contributed by atoms with Crippen LogP contribution in [0.15, 0.2) is 0 Å². The molecule has 2 nitrogen and oxygen atoms in total. The second-order valence-corrected chi connectivity index (χ2v) is 7.07. The van der Waals surface area contributed by atoms with Gasteiger partial charge in [0.1, 0.15) is 0 Å². The summed E-state index contributed by atoms with van der Waals surface area (Å²) in [7, 11) is 0. The SMILES string of the molecule is CC(CCNCC1(C(C)C)CC1)C1CCCNC1. The summed E-state index contributed by atoms with van der Waals surface area (Å²) in [6.45, 7) is 12.1. The average molecular weight is 252 g/mol. The van der Waals surface area contributed by atoms with Crippen molar-refractivity contribution < 1.29 is 0 Å². The smallest absolute Gasteiger partial charge is 0.00103 e. The van der Waals surface area contributed by atoms with Gasteiger partial charge in [0.25, 0.3) is 0 Å². The lowest BCUT2D eigenvalue weighted by Gasteiger charge is -2.28. The van der Waals surface area contributed by atoms with Crippen molar-refractivity contribution in [2.45, 2.75) is 52.9 Å². The largest absolute Gasteiger partial charge is 0.316 e. The van der Waals surface area contributed by atoms with E-state index in [2.05, 4.69) is 31.4 Å². The first kappa shape index (κ1) is 14.3. The third kappa shape index (κ3) is 3.71. The van der Waals surface area contributed by atoms with E-state index in [0.717, 1.165) is 17.8 Å². The lowest BCUT2D eigenvalue weighted by Crippen LogP contribution is -2.35. The van der Waals surface area contributed by atoms with E-state index in [-0.39, 0.29) is 0 Å². The Morgan fingerprint density at radius 1 is 1.28 bits per heavy atom. The van der Waals surface area contributed by atoms with Crippen LogP contribution in [0.3, 0.4) is 0 Å². The minimum atomic E-state index is 0.662. The van der Waals surface area contributed by atoms with Gasteiger partial charge in [-0.25, -0.2) is 0 Å². The van der Waals surface area contributed by atoms with Gasteiger partial charge < -0.3 is 10.6 Å². The summed E-state index contributed by atoms with van der Waals surface area (Å²) in [6, 6.07) is 0. The van der Waals surface area contributed by atoms with Gasteiger partial charge in [-0.15, -0.1) is 0 Å². The number of rotatable bonds is 7. The van der Waals surface area contributed by atoms with E-state index in [9.17, 15) is 0 Å². The Morgan fingerprint density at radius 3 is 2.61 bits per heavy atom. The van der Waals surface area contributed by atoms with Crippen molar-refractivity contribution in [2.24, 2.45) is 23.2 Å². The van der Waals surface area contributed by atoms with Gasteiger partial charge in [-0.1, -0.05) is 20.8 Å². The van der Waals surface area contributed by atoms with E-state index < -0.39 is 0 Å². The van der Waals surface area contributed by atoms with E-state index in [1.165, 1.54) is 58.3 Å². The molecule has 2 heteroatoms. The molecule has 1 heterocycles. The van der Waals surface area contributed by atoms with Gasteiger partial charge in [-0.05, 0) is 74.9 Å². The molecule has 1 saturated carbocycles. The van der Waals surface area contributed by atoms with Crippen LogP contribution in [0.25, 0.3) is 0 Å². The first-order valence-corrected chi connectivity index (χ1v) is 8.05. The molecule has 2 rings (SSSR count). The first-order valence-electron chi connectivity index (χ1n) is 8.05. The van der Waals surface area contributed by atoms with Crippen molar-refractivity contribution in [2.75, 3.05) is 26.2 Å². The maximum Gasteiger partial charge on any atom is 0.00103 e. The van der Waals surface area contributed by atoms with Gasteiger partial charge >= 0.3 is 0 Å². The zero-order chi connectivity index (χ0) is 13.0. The lowest BCUT2D eigenvalue weighted by atomic mass is 9.85. The molecular weight excluding hydrogens is 220 g/mol. The van der Waals surface area contributed by atoms with Crippen molar-refractivity contribution >= 4 is 0 Å². The molecular formula is C16H32N2. The molecule has 1 saturated heterocycles. The molecule has 1 aliphatic heterocycles. The van der Waals surface area contributed by atoms with E-state index in [4.69, 9.17) is 0 Å². The van der Waals surface area contributed by atoms with E-state index in [1.807, 2.05) is 0 Å². The predicted molar refractivity (Wildman–Crippen MR) is 78.7 cm³/mol. The molecule has 1 aliphatic carbocycles. The van der Waals surface area contributed by atoms with E-state index in [0.29, 0.717) is 5.41 Å². The zero-order valence-corrected chi connectivity index (χ0v) is 12.6. The summed E-state index contributed by atoms with van der Waals surface area (Å²) in [5.41, 5.74) is 0.662. The molecule has 2 unspecified atom stereocenters. The molecule has 0 spiro atoms.